The minimum Gasteiger partial charge on any atom is -0.373 e. The number of ether oxygens (including phenoxy) is 1. The van der Waals surface area contributed by atoms with Gasteiger partial charge in [-0.3, -0.25) is 0 Å². The zero-order chi connectivity index (χ0) is 9.53. The van der Waals surface area contributed by atoms with Crippen molar-refractivity contribution in [2.75, 3.05) is 6.61 Å². The maximum atomic E-state index is 5.88. The van der Waals surface area contributed by atoms with Crippen molar-refractivity contribution in [1.29, 1.82) is 0 Å². The van der Waals surface area contributed by atoms with E-state index in [4.69, 9.17) is 10.5 Å². The van der Waals surface area contributed by atoms with Gasteiger partial charge in [-0.1, -0.05) is 13.8 Å². The first kappa shape index (κ1) is 9.47. The van der Waals surface area contributed by atoms with Crippen molar-refractivity contribution >= 4 is 0 Å². The lowest BCUT2D eigenvalue weighted by molar-refractivity contribution is -0.0474. The fraction of sp³-hybridized carbons (Fsp3) is 1.00. The lowest BCUT2D eigenvalue weighted by Gasteiger charge is -2.40. The van der Waals surface area contributed by atoms with Crippen LogP contribution in [0.3, 0.4) is 0 Å². The summed E-state index contributed by atoms with van der Waals surface area (Å²) in [7, 11) is 0. The molecule has 2 rings (SSSR count). The van der Waals surface area contributed by atoms with Gasteiger partial charge in [0.15, 0.2) is 0 Å². The van der Waals surface area contributed by atoms with Crippen molar-refractivity contribution in [2.45, 2.75) is 57.6 Å². The predicted molar refractivity (Wildman–Crippen MR) is 53.5 cm³/mol. The Bertz CT molecular complexity index is 190. The maximum absolute atomic E-state index is 5.88. The van der Waals surface area contributed by atoms with Crippen LogP contribution >= 0.6 is 0 Å². The molecule has 0 bridgehead atoms. The van der Waals surface area contributed by atoms with Gasteiger partial charge in [-0.25, -0.2) is 0 Å². The van der Waals surface area contributed by atoms with Gasteiger partial charge < -0.3 is 10.5 Å². The summed E-state index contributed by atoms with van der Waals surface area (Å²) >= 11 is 0. The summed E-state index contributed by atoms with van der Waals surface area (Å²) in [4.78, 5) is 0. The first-order valence-corrected chi connectivity index (χ1v) is 5.41. The van der Waals surface area contributed by atoms with Gasteiger partial charge in [-0.2, -0.15) is 0 Å². The quantitative estimate of drug-likeness (QED) is 0.624. The highest BCUT2D eigenvalue weighted by molar-refractivity contribution is 4.96. The zero-order valence-electron chi connectivity index (χ0n) is 8.81. The molecule has 1 aliphatic carbocycles. The van der Waals surface area contributed by atoms with Crippen LogP contribution in [0.25, 0.3) is 0 Å². The summed E-state index contributed by atoms with van der Waals surface area (Å²) in [6.07, 6.45) is 6.10. The van der Waals surface area contributed by atoms with E-state index >= 15 is 0 Å². The molecule has 13 heavy (non-hydrogen) atoms. The molecule has 1 unspecified atom stereocenters. The number of rotatable bonds is 0. The molecule has 0 aromatic heterocycles. The molecule has 1 saturated heterocycles. The molecule has 0 aromatic carbocycles. The van der Waals surface area contributed by atoms with Gasteiger partial charge in [0, 0.05) is 6.04 Å². The van der Waals surface area contributed by atoms with Crippen LogP contribution < -0.4 is 5.73 Å². The lowest BCUT2D eigenvalue weighted by Crippen LogP contribution is -2.37. The molecule has 2 fully saturated rings. The van der Waals surface area contributed by atoms with Gasteiger partial charge in [0.1, 0.15) is 0 Å². The molecule has 0 amide bonds. The maximum Gasteiger partial charge on any atom is 0.0699 e. The normalized spacial score (nSPS) is 36.7. The standard InChI is InChI=1S/C11H21NO/c1-10(2)3-5-11(6-4-10)7-9(12)8-13-11/h9H,3-8,12H2,1-2H3. The highest BCUT2D eigenvalue weighted by atomic mass is 16.5. The van der Waals surface area contributed by atoms with Crippen molar-refractivity contribution < 1.29 is 4.74 Å². The molecule has 1 saturated carbocycles. The molecular formula is C11H21NO. The average Bonchev–Trinajstić information content (AvgIpc) is 2.41. The summed E-state index contributed by atoms with van der Waals surface area (Å²) in [5.41, 5.74) is 6.59. The molecule has 1 heterocycles. The largest absolute Gasteiger partial charge is 0.373 e. The molecule has 0 aromatic rings. The predicted octanol–water partition coefficient (Wildman–Crippen LogP) is 2.07. The number of nitrogens with two attached hydrogens (primary N) is 1. The van der Waals surface area contributed by atoms with E-state index in [1.807, 2.05) is 0 Å². The first-order valence-electron chi connectivity index (χ1n) is 5.41. The van der Waals surface area contributed by atoms with Crippen molar-refractivity contribution in [3.05, 3.63) is 0 Å². The second kappa shape index (κ2) is 2.96. The van der Waals surface area contributed by atoms with E-state index in [1.54, 1.807) is 0 Å². The molecular weight excluding hydrogens is 162 g/mol. The fourth-order valence-electron chi connectivity index (χ4n) is 2.61. The molecule has 1 aliphatic heterocycles. The van der Waals surface area contributed by atoms with E-state index in [2.05, 4.69) is 13.8 Å². The third kappa shape index (κ3) is 1.89. The van der Waals surface area contributed by atoms with E-state index < -0.39 is 0 Å². The SMILES string of the molecule is CC1(C)CCC2(CC1)CC(N)CO2. The van der Waals surface area contributed by atoms with Crippen molar-refractivity contribution in [2.24, 2.45) is 11.1 Å². The fourth-order valence-corrected chi connectivity index (χ4v) is 2.61. The molecule has 1 spiro atoms. The summed E-state index contributed by atoms with van der Waals surface area (Å²) in [6.45, 7) is 5.49. The van der Waals surface area contributed by atoms with E-state index in [0.29, 0.717) is 11.5 Å². The summed E-state index contributed by atoms with van der Waals surface area (Å²) in [6, 6.07) is 0.293. The third-order valence-electron chi connectivity index (χ3n) is 3.75. The molecule has 2 heteroatoms. The first-order chi connectivity index (χ1) is 6.02. The van der Waals surface area contributed by atoms with Crippen LogP contribution in [0.2, 0.25) is 0 Å². The molecule has 2 aliphatic rings. The summed E-state index contributed by atoms with van der Waals surface area (Å²) < 4.78 is 5.86. The van der Waals surface area contributed by atoms with Gasteiger partial charge >= 0.3 is 0 Å². The minimum absolute atomic E-state index is 0.176. The minimum atomic E-state index is 0.176. The Morgan fingerprint density at radius 3 is 2.23 bits per heavy atom. The van der Waals surface area contributed by atoms with Gasteiger partial charge in [0.2, 0.25) is 0 Å². The Morgan fingerprint density at radius 2 is 1.77 bits per heavy atom. The van der Waals surface area contributed by atoms with Crippen LogP contribution in [0.1, 0.15) is 46.0 Å². The Labute approximate surface area is 80.8 Å². The average molecular weight is 183 g/mol. The smallest absolute Gasteiger partial charge is 0.0699 e. The second-order valence-corrected chi connectivity index (χ2v) is 5.62. The van der Waals surface area contributed by atoms with E-state index in [9.17, 15) is 0 Å². The monoisotopic (exact) mass is 183 g/mol. The molecule has 1 atom stereocenters. The van der Waals surface area contributed by atoms with Gasteiger partial charge in [0.05, 0.1) is 12.2 Å². The summed E-state index contributed by atoms with van der Waals surface area (Å²) in [5, 5.41) is 0. The Morgan fingerprint density at radius 1 is 1.15 bits per heavy atom. The molecule has 2 nitrogen and oxygen atoms in total. The highest BCUT2D eigenvalue weighted by Crippen LogP contribution is 2.45. The lowest BCUT2D eigenvalue weighted by atomic mass is 9.70. The molecule has 0 radical (unpaired) electrons. The van der Waals surface area contributed by atoms with E-state index in [1.165, 1.54) is 25.7 Å². The van der Waals surface area contributed by atoms with Crippen LogP contribution in [-0.4, -0.2) is 18.2 Å². The van der Waals surface area contributed by atoms with Crippen LogP contribution in [0, 0.1) is 5.41 Å². The van der Waals surface area contributed by atoms with Gasteiger partial charge in [-0.05, 0) is 37.5 Å². The Hall–Kier alpha value is -0.0800. The van der Waals surface area contributed by atoms with Gasteiger partial charge in [0.25, 0.3) is 0 Å². The van der Waals surface area contributed by atoms with Crippen LogP contribution in [0.15, 0.2) is 0 Å². The third-order valence-corrected chi connectivity index (χ3v) is 3.75. The van der Waals surface area contributed by atoms with Crippen molar-refractivity contribution in [3.8, 4) is 0 Å². The van der Waals surface area contributed by atoms with Crippen LogP contribution in [-0.2, 0) is 4.74 Å². The highest BCUT2D eigenvalue weighted by Gasteiger charge is 2.43. The Kier molecular flexibility index (Phi) is 2.16. The van der Waals surface area contributed by atoms with Crippen LogP contribution in [0.5, 0.6) is 0 Å². The Balaban J connectivity index is 1.97. The van der Waals surface area contributed by atoms with E-state index in [0.717, 1.165) is 13.0 Å². The summed E-state index contributed by atoms with van der Waals surface area (Å²) in [5.74, 6) is 0. The molecule has 2 N–H and O–H groups in total. The number of hydrogen-bond acceptors (Lipinski definition) is 2. The number of hydrogen-bond donors (Lipinski definition) is 1. The van der Waals surface area contributed by atoms with E-state index in [-0.39, 0.29) is 5.60 Å². The zero-order valence-corrected chi connectivity index (χ0v) is 8.81. The topological polar surface area (TPSA) is 35.2 Å². The van der Waals surface area contributed by atoms with Crippen molar-refractivity contribution in [3.63, 3.8) is 0 Å². The van der Waals surface area contributed by atoms with Crippen LogP contribution in [0.4, 0.5) is 0 Å². The molecule has 76 valence electrons. The second-order valence-electron chi connectivity index (χ2n) is 5.62. The van der Waals surface area contributed by atoms with Gasteiger partial charge in [-0.15, -0.1) is 0 Å². The van der Waals surface area contributed by atoms with Crippen molar-refractivity contribution in [1.82, 2.24) is 0 Å².